The summed E-state index contributed by atoms with van der Waals surface area (Å²) in [6, 6.07) is 8.75. The second-order valence-electron chi connectivity index (χ2n) is 10.5. The van der Waals surface area contributed by atoms with Crippen LogP contribution in [0.25, 0.3) is 22.3 Å². The highest BCUT2D eigenvalue weighted by Gasteiger charge is 2.34. The Bertz CT molecular complexity index is 1580. The number of hydrogen-bond donors (Lipinski definition) is 1. The van der Waals surface area contributed by atoms with Crippen LogP contribution in [0, 0.1) is 5.82 Å². The van der Waals surface area contributed by atoms with Gasteiger partial charge in [0.15, 0.2) is 0 Å². The number of fused-ring (bicyclic) bond motifs is 2. The number of furan rings is 1. The van der Waals surface area contributed by atoms with E-state index >= 15 is 0 Å². The third kappa shape index (κ3) is 7.93. The van der Waals surface area contributed by atoms with E-state index in [0.29, 0.717) is 48.6 Å². The lowest BCUT2D eigenvalue weighted by atomic mass is 10.0. The van der Waals surface area contributed by atoms with Gasteiger partial charge in [0.2, 0.25) is 10.0 Å². The molecule has 0 bridgehead atoms. The molecule has 1 amide bonds. The van der Waals surface area contributed by atoms with Crippen molar-refractivity contribution >= 4 is 38.6 Å². The highest BCUT2D eigenvalue weighted by atomic mass is 32.2. The molecule has 12 nitrogen and oxygen atoms in total. The Kier molecular flexibility index (Phi) is 11.0. The van der Waals surface area contributed by atoms with Crippen LogP contribution in [0.2, 0.25) is 0 Å². The second kappa shape index (κ2) is 14.5. The first kappa shape index (κ1) is 33.3. The highest BCUT2D eigenvalue weighted by Crippen LogP contribution is 2.42. The number of anilines is 1. The fraction of sp³-hybridized carbons (Fsp3) is 0.467. The average Bonchev–Trinajstić information content (AvgIpc) is 3.28. The van der Waals surface area contributed by atoms with Crippen molar-refractivity contribution in [2.75, 3.05) is 77.8 Å². The summed E-state index contributed by atoms with van der Waals surface area (Å²) < 4.78 is 69.0. The summed E-state index contributed by atoms with van der Waals surface area (Å²) in [6.07, 6.45) is -0.345. The summed E-state index contributed by atoms with van der Waals surface area (Å²) in [5.41, 5.74) is 1.78. The molecule has 1 aliphatic heterocycles. The molecule has 1 aromatic heterocycles. The lowest BCUT2D eigenvalue weighted by Gasteiger charge is -2.25. The first-order valence-electron chi connectivity index (χ1n) is 14.0. The number of ether oxygens (including phenoxy) is 4. The number of likely N-dealkylation sites (N-methyl/N-ethyl adjacent to an activating group) is 1. The lowest BCUT2D eigenvalue weighted by molar-refractivity contribution is -0.150. The molecule has 0 aliphatic carbocycles. The molecule has 14 heteroatoms. The molecule has 0 saturated carbocycles. The standard InChI is InChI=1S/C30H38FN3O9S/c1-19-23-14-24-26(43-29(28(24)30(36)32-2)20-6-8-21(31)9-7-20)15-25(23)34(44(5,37)38)16-22(42-19)18-41-27(35)17-33(3)10-11-40-13-12-39-4/h6-9,14-15,19,22H,10-13,16-18H2,1-5H3,(H,32,36)/t19-,22-/m0/s1. The van der Waals surface area contributed by atoms with E-state index in [9.17, 15) is 22.4 Å². The molecule has 0 radical (unpaired) electrons. The predicted octanol–water partition coefficient (Wildman–Crippen LogP) is 2.96. The van der Waals surface area contributed by atoms with Crippen LogP contribution in [0.4, 0.5) is 10.1 Å². The quantitative estimate of drug-likeness (QED) is 0.221. The number of nitrogens with zero attached hydrogens (tertiary/aromatic N) is 2. The van der Waals surface area contributed by atoms with Gasteiger partial charge in [-0.3, -0.25) is 18.8 Å². The fourth-order valence-corrected chi connectivity index (χ4v) is 5.89. The zero-order chi connectivity index (χ0) is 32.0. The number of rotatable bonds is 13. The van der Waals surface area contributed by atoms with Crippen LogP contribution in [-0.2, 0) is 33.8 Å². The fourth-order valence-electron chi connectivity index (χ4n) is 4.94. The summed E-state index contributed by atoms with van der Waals surface area (Å²) >= 11 is 0. The third-order valence-corrected chi connectivity index (χ3v) is 8.30. The second-order valence-corrected chi connectivity index (χ2v) is 12.4. The lowest BCUT2D eigenvalue weighted by Crippen LogP contribution is -2.39. The van der Waals surface area contributed by atoms with Gasteiger partial charge >= 0.3 is 5.97 Å². The molecule has 0 spiro atoms. The van der Waals surface area contributed by atoms with Crippen molar-refractivity contribution in [2.45, 2.75) is 19.1 Å². The van der Waals surface area contributed by atoms with Gasteiger partial charge in [-0.15, -0.1) is 0 Å². The average molecular weight is 636 g/mol. The first-order valence-corrected chi connectivity index (χ1v) is 15.9. The van der Waals surface area contributed by atoms with Crippen LogP contribution in [0.1, 0.15) is 28.9 Å². The van der Waals surface area contributed by atoms with E-state index in [-0.39, 0.29) is 36.6 Å². The monoisotopic (exact) mass is 635 g/mol. The minimum atomic E-state index is -3.82. The summed E-state index contributed by atoms with van der Waals surface area (Å²) in [5, 5.41) is 3.05. The smallest absolute Gasteiger partial charge is 0.320 e. The van der Waals surface area contributed by atoms with Crippen molar-refractivity contribution in [1.29, 1.82) is 0 Å². The Morgan fingerprint density at radius 2 is 1.89 bits per heavy atom. The van der Waals surface area contributed by atoms with Crippen LogP contribution in [0.3, 0.4) is 0 Å². The van der Waals surface area contributed by atoms with Crippen LogP contribution in [0.5, 0.6) is 0 Å². The Hall–Kier alpha value is -3.56. The molecule has 1 aliphatic rings. The van der Waals surface area contributed by atoms with E-state index in [1.807, 2.05) is 0 Å². The van der Waals surface area contributed by atoms with Gasteiger partial charge in [-0.05, 0) is 44.3 Å². The minimum absolute atomic E-state index is 0.0149. The highest BCUT2D eigenvalue weighted by molar-refractivity contribution is 7.92. The Balaban J connectivity index is 1.58. The Labute approximate surface area is 256 Å². The summed E-state index contributed by atoms with van der Waals surface area (Å²) in [5.74, 6) is -1.14. The molecule has 3 aromatic rings. The molecule has 0 saturated heterocycles. The number of methoxy groups -OCH3 is 1. The molecule has 44 heavy (non-hydrogen) atoms. The molecular formula is C30H38FN3O9S. The molecule has 240 valence electrons. The molecule has 2 aromatic carbocycles. The molecular weight excluding hydrogens is 597 g/mol. The van der Waals surface area contributed by atoms with Gasteiger partial charge in [-0.1, -0.05) is 0 Å². The number of halogens is 1. The van der Waals surface area contributed by atoms with Crippen molar-refractivity contribution in [2.24, 2.45) is 0 Å². The van der Waals surface area contributed by atoms with Crippen molar-refractivity contribution in [3.8, 4) is 11.3 Å². The van der Waals surface area contributed by atoms with E-state index in [1.54, 1.807) is 38.1 Å². The molecule has 2 heterocycles. The van der Waals surface area contributed by atoms with Gasteiger partial charge in [-0.2, -0.15) is 0 Å². The maximum Gasteiger partial charge on any atom is 0.320 e. The number of carbonyl (C=O) groups excluding carboxylic acids is 2. The SMILES string of the molecule is CNC(=O)c1c(-c2ccc(F)cc2)oc2cc3c(cc12)[C@H](C)O[C@H](COC(=O)CN(C)CCOCCOC)CN3S(C)(=O)=O. The molecule has 1 N–H and O–H groups in total. The number of nitrogens with one attached hydrogen (secondary N) is 1. The predicted molar refractivity (Wildman–Crippen MR) is 162 cm³/mol. The van der Waals surface area contributed by atoms with Crippen molar-refractivity contribution in [3.05, 3.63) is 53.3 Å². The zero-order valence-electron chi connectivity index (χ0n) is 25.4. The van der Waals surface area contributed by atoms with E-state index in [4.69, 9.17) is 23.4 Å². The van der Waals surface area contributed by atoms with Gasteiger partial charge in [0.25, 0.3) is 5.91 Å². The number of amides is 1. The third-order valence-electron chi connectivity index (χ3n) is 7.15. The first-order chi connectivity index (χ1) is 20.9. The Morgan fingerprint density at radius 3 is 2.55 bits per heavy atom. The normalized spacial score (nSPS) is 17.0. The number of hydrogen-bond acceptors (Lipinski definition) is 10. The van der Waals surface area contributed by atoms with E-state index < -0.39 is 39.9 Å². The van der Waals surface area contributed by atoms with Gasteiger partial charge < -0.3 is 28.7 Å². The maximum atomic E-state index is 13.6. The number of esters is 1. The summed E-state index contributed by atoms with van der Waals surface area (Å²) in [4.78, 5) is 27.3. The van der Waals surface area contributed by atoms with Crippen molar-refractivity contribution < 1.29 is 45.8 Å². The van der Waals surface area contributed by atoms with Crippen LogP contribution in [0.15, 0.2) is 40.8 Å². The molecule has 0 fully saturated rings. The van der Waals surface area contributed by atoms with Gasteiger partial charge in [-0.25, -0.2) is 12.8 Å². The molecule has 2 atom stereocenters. The van der Waals surface area contributed by atoms with E-state index in [2.05, 4.69) is 5.32 Å². The molecule has 0 unspecified atom stereocenters. The van der Waals surface area contributed by atoms with Gasteiger partial charge in [0.1, 0.15) is 29.9 Å². The van der Waals surface area contributed by atoms with Gasteiger partial charge in [0, 0.05) is 43.3 Å². The Morgan fingerprint density at radius 1 is 1.16 bits per heavy atom. The molecule has 4 rings (SSSR count). The summed E-state index contributed by atoms with van der Waals surface area (Å²) in [7, 11) is 1.01. The van der Waals surface area contributed by atoms with Crippen LogP contribution >= 0.6 is 0 Å². The number of sulfonamides is 1. The summed E-state index contributed by atoms with van der Waals surface area (Å²) in [6.45, 7) is 3.35. The zero-order valence-corrected chi connectivity index (χ0v) is 26.2. The van der Waals surface area contributed by atoms with Crippen molar-refractivity contribution in [3.63, 3.8) is 0 Å². The largest absolute Gasteiger partial charge is 0.462 e. The number of carbonyl (C=O) groups is 2. The number of benzene rings is 2. The van der Waals surface area contributed by atoms with Crippen LogP contribution in [-0.4, -0.2) is 105 Å². The van der Waals surface area contributed by atoms with E-state index in [0.717, 1.165) is 6.26 Å². The van der Waals surface area contributed by atoms with Gasteiger partial charge in [0.05, 0.1) is 56.5 Å². The van der Waals surface area contributed by atoms with E-state index in [1.165, 1.54) is 35.6 Å². The maximum absolute atomic E-state index is 13.6. The van der Waals surface area contributed by atoms with Crippen LogP contribution < -0.4 is 9.62 Å². The van der Waals surface area contributed by atoms with Crippen molar-refractivity contribution in [1.82, 2.24) is 10.2 Å². The minimum Gasteiger partial charge on any atom is -0.462 e. The topological polar surface area (TPSA) is 137 Å².